The minimum Gasteiger partial charge on any atom is -0.395 e. The van der Waals surface area contributed by atoms with Crippen molar-refractivity contribution in [3.63, 3.8) is 0 Å². The standard InChI is InChI=1S/C21H36O4S2/c1-2-17(20(11-5-3-6-12-20)15-9-18(22)24-26)21(13-7-4-8-14-21)16-10-19(23)25-27/h17,26-27H,2-16H2,1H3. The van der Waals surface area contributed by atoms with Crippen LogP contribution in [0.15, 0.2) is 0 Å². The van der Waals surface area contributed by atoms with Gasteiger partial charge in [0, 0.05) is 38.7 Å². The molecule has 2 aliphatic rings. The van der Waals surface area contributed by atoms with Crippen molar-refractivity contribution in [1.29, 1.82) is 0 Å². The Morgan fingerprint density at radius 3 is 1.44 bits per heavy atom. The maximum Gasteiger partial charge on any atom is 0.317 e. The first-order valence-corrected chi connectivity index (χ1v) is 11.4. The monoisotopic (exact) mass is 416 g/mol. The molecular weight excluding hydrogens is 380 g/mol. The van der Waals surface area contributed by atoms with Crippen molar-refractivity contribution in [2.75, 3.05) is 0 Å². The van der Waals surface area contributed by atoms with Crippen LogP contribution in [0.25, 0.3) is 0 Å². The van der Waals surface area contributed by atoms with Crippen LogP contribution in [0.3, 0.4) is 0 Å². The normalized spacial score (nSPS) is 21.6. The van der Waals surface area contributed by atoms with E-state index in [1.54, 1.807) is 0 Å². The lowest BCUT2D eigenvalue weighted by Crippen LogP contribution is -2.45. The molecule has 0 unspecified atom stereocenters. The minimum absolute atomic E-state index is 0.178. The molecule has 2 aliphatic carbocycles. The van der Waals surface area contributed by atoms with Crippen molar-refractivity contribution >= 4 is 37.8 Å². The molecule has 2 saturated carbocycles. The zero-order chi connectivity index (χ0) is 19.8. The average molecular weight is 417 g/mol. The first kappa shape index (κ1) is 22.9. The van der Waals surface area contributed by atoms with Crippen molar-refractivity contribution in [3.05, 3.63) is 0 Å². The zero-order valence-corrected chi connectivity index (χ0v) is 18.5. The Morgan fingerprint density at radius 1 is 0.778 bits per heavy atom. The number of hydrogen-bond donors (Lipinski definition) is 2. The molecule has 0 aromatic rings. The quantitative estimate of drug-likeness (QED) is 0.344. The molecule has 0 bridgehead atoms. The van der Waals surface area contributed by atoms with Gasteiger partial charge in [-0.3, -0.25) is 9.59 Å². The molecule has 6 heteroatoms. The van der Waals surface area contributed by atoms with Gasteiger partial charge in [0.2, 0.25) is 0 Å². The molecule has 2 rings (SSSR count). The second-order valence-corrected chi connectivity index (χ2v) is 9.10. The van der Waals surface area contributed by atoms with Crippen LogP contribution in [-0.4, -0.2) is 11.9 Å². The van der Waals surface area contributed by atoms with Gasteiger partial charge < -0.3 is 8.37 Å². The van der Waals surface area contributed by atoms with Crippen molar-refractivity contribution in [1.82, 2.24) is 0 Å². The lowest BCUT2D eigenvalue weighted by atomic mass is 9.50. The Balaban J connectivity index is 2.28. The molecule has 27 heavy (non-hydrogen) atoms. The highest BCUT2D eigenvalue weighted by atomic mass is 32.1. The zero-order valence-electron chi connectivity index (χ0n) is 16.7. The molecule has 0 heterocycles. The topological polar surface area (TPSA) is 52.6 Å². The molecular formula is C21H36O4S2. The molecule has 0 saturated heterocycles. The van der Waals surface area contributed by atoms with Gasteiger partial charge in [0.15, 0.2) is 0 Å². The minimum atomic E-state index is -0.227. The molecule has 0 atom stereocenters. The predicted octanol–water partition coefficient (Wildman–Crippen LogP) is 6.25. The molecule has 0 aliphatic heterocycles. The van der Waals surface area contributed by atoms with Crippen molar-refractivity contribution < 1.29 is 18.0 Å². The summed E-state index contributed by atoms with van der Waals surface area (Å²) >= 11 is 7.38. The Labute approximate surface area is 175 Å². The fourth-order valence-electron chi connectivity index (χ4n) is 6.37. The molecule has 0 aromatic heterocycles. The molecule has 4 nitrogen and oxygen atoms in total. The highest BCUT2D eigenvalue weighted by Crippen LogP contribution is 2.59. The van der Waals surface area contributed by atoms with Crippen LogP contribution < -0.4 is 0 Å². The van der Waals surface area contributed by atoms with Gasteiger partial charge in [0.25, 0.3) is 0 Å². The fraction of sp³-hybridized carbons (Fsp3) is 0.905. The predicted molar refractivity (Wildman–Crippen MR) is 113 cm³/mol. The van der Waals surface area contributed by atoms with E-state index in [1.165, 1.54) is 64.2 Å². The van der Waals surface area contributed by atoms with E-state index < -0.39 is 0 Å². The summed E-state index contributed by atoms with van der Waals surface area (Å²) in [7, 11) is 0. The summed E-state index contributed by atoms with van der Waals surface area (Å²) in [6, 6.07) is 0. The van der Waals surface area contributed by atoms with Crippen LogP contribution in [-0.2, 0) is 18.0 Å². The number of carbonyl (C=O) groups excluding carboxylic acids is 2. The first-order chi connectivity index (χ1) is 13.0. The van der Waals surface area contributed by atoms with Gasteiger partial charge in [0.05, 0.1) is 0 Å². The van der Waals surface area contributed by atoms with Crippen LogP contribution in [0.4, 0.5) is 0 Å². The summed E-state index contributed by atoms with van der Waals surface area (Å²) < 4.78 is 9.30. The van der Waals surface area contributed by atoms with Gasteiger partial charge in [-0.25, -0.2) is 0 Å². The summed E-state index contributed by atoms with van der Waals surface area (Å²) in [5.74, 6) is 0.0787. The third kappa shape index (κ3) is 5.81. The Hall–Kier alpha value is -0.360. The van der Waals surface area contributed by atoms with Crippen LogP contribution in [0.1, 0.15) is 103 Å². The van der Waals surface area contributed by atoms with E-state index >= 15 is 0 Å². The van der Waals surface area contributed by atoms with Crippen molar-refractivity contribution in [2.45, 2.75) is 103 Å². The third-order valence-corrected chi connectivity index (χ3v) is 7.85. The molecule has 0 spiro atoms. The van der Waals surface area contributed by atoms with E-state index in [9.17, 15) is 9.59 Å². The van der Waals surface area contributed by atoms with Gasteiger partial charge in [-0.2, -0.15) is 0 Å². The summed E-state index contributed by atoms with van der Waals surface area (Å²) in [6.07, 6.45) is 16.0. The van der Waals surface area contributed by atoms with Gasteiger partial charge in [-0.05, 0) is 55.3 Å². The Bertz CT molecular complexity index is 441. The van der Waals surface area contributed by atoms with E-state index in [2.05, 4.69) is 41.1 Å². The van der Waals surface area contributed by atoms with E-state index in [4.69, 9.17) is 0 Å². The smallest absolute Gasteiger partial charge is 0.317 e. The molecule has 0 amide bonds. The van der Waals surface area contributed by atoms with Gasteiger partial charge in [-0.15, -0.1) is 0 Å². The average Bonchev–Trinajstić information content (AvgIpc) is 2.72. The lowest BCUT2D eigenvalue weighted by molar-refractivity contribution is -0.135. The number of rotatable bonds is 9. The van der Waals surface area contributed by atoms with Gasteiger partial charge >= 0.3 is 11.9 Å². The van der Waals surface area contributed by atoms with Crippen molar-refractivity contribution in [2.24, 2.45) is 16.7 Å². The van der Waals surface area contributed by atoms with Crippen LogP contribution in [0, 0.1) is 16.7 Å². The van der Waals surface area contributed by atoms with Gasteiger partial charge in [0.1, 0.15) is 0 Å². The highest BCUT2D eigenvalue weighted by Gasteiger charge is 2.50. The number of hydrogen-bond acceptors (Lipinski definition) is 6. The fourth-order valence-corrected chi connectivity index (χ4v) is 6.55. The summed E-state index contributed by atoms with van der Waals surface area (Å²) in [5.41, 5.74) is 0.356. The molecule has 0 N–H and O–H groups in total. The van der Waals surface area contributed by atoms with E-state index in [1.807, 2.05) is 0 Å². The Morgan fingerprint density at radius 2 is 1.15 bits per heavy atom. The molecule has 2 fully saturated rings. The second-order valence-electron chi connectivity index (χ2n) is 8.73. The van der Waals surface area contributed by atoms with Crippen LogP contribution in [0.5, 0.6) is 0 Å². The van der Waals surface area contributed by atoms with Crippen LogP contribution >= 0.6 is 25.8 Å². The van der Waals surface area contributed by atoms with Crippen molar-refractivity contribution in [3.8, 4) is 0 Å². The second kappa shape index (κ2) is 11.0. The maximum atomic E-state index is 11.8. The third-order valence-electron chi connectivity index (χ3n) is 7.44. The number of carbonyl (C=O) groups is 2. The summed E-state index contributed by atoms with van der Waals surface area (Å²) in [4.78, 5) is 23.7. The highest BCUT2D eigenvalue weighted by molar-refractivity contribution is 7.75. The van der Waals surface area contributed by atoms with E-state index in [0.717, 1.165) is 19.3 Å². The van der Waals surface area contributed by atoms with Gasteiger partial charge in [-0.1, -0.05) is 51.9 Å². The first-order valence-electron chi connectivity index (χ1n) is 10.7. The van der Waals surface area contributed by atoms with Crippen LogP contribution in [0.2, 0.25) is 0 Å². The summed E-state index contributed by atoms with van der Waals surface area (Å²) in [5, 5.41) is 0. The van der Waals surface area contributed by atoms with E-state index in [-0.39, 0.29) is 22.8 Å². The molecule has 156 valence electrons. The SMILES string of the molecule is CCC(C1(CCC(=O)OS)CCCCC1)C1(CCC(=O)OS)CCCCC1. The molecule has 0 radical (unpaired) electrons. The summed E-state index contributed by atoms with van der Waals surface area (Å²) in [6.45, 7) is 2.30. The Kier molecular flexibility index (Phi) is 9.33. The van der Waals surface area contributed by atoms with E-state index in [0.29, 0.717) is 18.8 Å². The lowest BCUT2D eigenvalue weighted by Gasteiger charge is -2.54. The number of thiol groups is 2. The molecule has 0 aromatic carbocycles. The largest absolute Gasteiger partial charge is 0.395 e. The maximum absolute atomic E-state index is 11.8.